The minimum Gasteiger partial charge on any atom is -0.497 e. The molecule has 0 radical (unpaired) electrons. The van der Waals surface area contributed by atoms with E-state index in [-0.39, 0.29) is 30.4 Å². The van der Waals surface area contributed by atoms with Gasteiger partial charge in [0.2, 0.25) is 5.91 Å². The molecule has 0 saturated carbocycles. The molecule has 38 heavy (non-hydrogen) atoms. The van der Waals surface area contributed by atoms with Crippen LogP contribution in [0.5, 0.6) is 5.75 Å². The first-order chi connectivity index (χ1) is 18.2. The minimum absolute atomic E-state index is 0.00122. The summed E-state index contributed by atoms with van der Waals surface area (Å²) in [6, 6.07) is 7.48. The number of benzene rings is 2. The van der Waals surface area contributed by atoms with E-state index in [0.717, 1.165) is 18.9 Å². The smallest absolute Gasteiger partial charge is 0.253 e. The second-order valence-electron chi connectivity index (χ2n) is 9.91. The third-order valence-electron chi connectivity index (χ3n) is 7.05. The van der Waals surface area contributed by atoms with Crippen LogP contribution >= 0.6 is 0 Å². The van der Waals surface area contributed by atoms with Gasteiger partial charge in [0.15, 0.2) is 5.72 Å². The highest BCUT2D eigenvalue weighted by Gasteiger charge is 2.43. The summed E-state index contributed by atoms with van der Waals surface area (Å²) in [6.07, 6.45) is 2.45. The zero-order valence-corrected chi connectivity index (χ0v) is 21.8. The summed E-state index contributed by atoms with van der Waals surface area (Å²) < 4.78 is 38.8. The van der Waals surface area contributed by atoms with Crippen LogP contribution in [0.2, 0.25) is 0 Å². The SMILES string of the molecule is CCCO[C@H]1CN[C@H]([C@](O)(CCc2cc(F)cc(F)c2)NC(=O)c2cc(OC)cc(N3CCCC3=O)c2)C1. The van der Waals surface area contributed by atoms with Crippen molar-refractivity contribution in [3.63, 3.8) is 0 Å². The van der Waals surface area contributed by atoms with Gasteiger partial charge in [0.25, 0.3) is 5.91 Å². The lowest BCUT2D eigenvalue weighted by atomic mass is 9.93. The molecule has 10 heteroatoms. The van der Waals surface area contributed by atoms with Crippen molar-refractivity contribution < 1.29 is 33.0 Å². The monoisotopic (exact) mass is 531 g/mol. The third kappa shape index (κ3) is 6.67. The molecule has 0 aliphatic carbocycles. The maximum Gasteiger partial charge on any atom is 0.253 e. The summed E-state index contributed by atoms with van der Waals surface area (Å²) in [7, 11) is 1.47. The summed E-state index contributed by atoms with van der Waals surface area (Å²) >= 11 is 0. The number of rotatable bonds is 11. The van der Waals surface area contributed by atoms with Gasteiger partial charge in [-0.1, -0.05) is 6.92 Å². The topological polar surface area (TPSA) is 100 Å². The average molecular weight is 532 g/mol. The molecule has 0 spiro atoms. The van der Waals surface area contributed by atoms with E-state index in [9.17, 15) is 23.5 Å². The first kappa shape index (κ1) is 27.9. The van der Waals surface area contributed by atoms with E-state index in [4.69, 9.17) is 9.47 Å². The van der Waals surface area contributed by atoms with Gasteiger partial charge in [-0.3, -0.25) is 9.59 Å². The molecule has 2 saturated heterocycles. The number of anilines is 1. The molecule has 8 nitrogen and oxygen atoms in total. The number of ether oxygens (including phenoxy) is 2. The standard InChI is InChI=1S/C28H35F2N3O5/c1-3-9-38-24-16-25(31-17-24)28(36,7-6-18-10-20(29)14-21(30)11-18)32-27(35)19-12-22(15-23(13-19)37-2)33-8-4-5-26(33)34/h10-15,24-25,31,36H,3-9,16-17H2,1-2H3,(H,32,35)/t24-,25+,28-/m1/s1. The third-order valence-corrected chi connectivity index (χ3v) is 7.05. The number of hydrogen-bond acceptors (Lipinski definition) is 6. The largest absolute Gasteiger partial charge is 0.497 e. The lowest BCUT2D eigenvalue weighted by Crippen LogP contribution is -2.60. The molecule has 2 aliphatic heterocycles. The van der Waals surface area contributed by atoms with Gasteiger partial charge < -0.3 is 30.1 Å². The highest BCUT2D eigenvalue weighted by Crippen LogP contribution is 2.29. The fourth-order valence-electron chi connectivity index (χ4n) is 5.07. The highest BCUT2D eigenvalue weighted by molar-refractivity contribution is 5.99. The Hall–Kier alpha value is -3.08. The lowest BCUT2D eigenvalue weighted by molar-refractivity contribution is -0.117. The lowest BCUT2D eigenvalue weighted by Gasteiger charge is -2.35. The van der Waals surface area contributed by atoms with E-state index in [1.807, 2.05) is 6.92 Å². The summed E-state index contributed by atoms with van der Waals surface area (Å²) in [5.74, 6) is -1.61. The Bertz CT molecular complexity index is 1140. The van der Waals surface area contributed by atoms with Crippen molar-refractivity contribution in [1.29, 1.82) is 0 Å². The Morgan fingerprint density at radius 2 is 1.97 bits per heavy atom. The number of carbonyl (C=O) groups is 2. The quantitative estimate of drug-likeness (QED) is 0.385. The number of carbonyl (C=O) groups excluding carboxylic acids is 2. The van der Waals surface area contributed by atoms with Gasteiger partial charge in [0, 0.05) is 55.9 Å². The second kappa shape index (κ2) is 12.2. The van der Waals surface area contributed by atoms with Crippen LogP contribution in [0.4, 0.5) is 14.5 Å². The normalized spacial score (nSPS) is 21.0. The molecule has 206 valence electrons. The number of halogens is 2. The van der Waals surface area contributed by atoms with Crippen LogP contribution in [0.3, 0.4) is 0 Å². The van der Waals surface area contributed by atoms with Gasteiger partial charge in [-0.2, -0.15) is 0 Å². The molecule has 3 atom stereocenters. The Labute approximate surface area is 221 Å². The van der Waals surface area contributed by atoms with Crippen molar-refractivity contribution in [2.24, 2.45) is 0 Å². The fourth-order valence-corrected chi connectivity index (χ4v) is 5.07. The molecular formula is C28H35F2N3O5. The van der Waals surface area contributed by atoms with E-state index in [1.54, 1.807) is 17.0 Å². The van der Waals surface area contributed by atoms with E-state index >= 15 is 0 Å². The maximum atomic E-state index is 13.8. The maximum absolute atomic E-state index is 13.8. The molecule has 0 unspecified atom stereocenters. The van der Waals surface area contributed by atoms with Crippen molar-refractivity contribution in [2.45, 2.75) is 63.3 Å². The molecule has 2 aromatic rings. The van der Waals surface area contributed by atoms with Crippen molar-refractivity contribution in [1.82, 2.24) is 10.6 Å². The molecule has 2 fully saturated rings. The van der Waals surface area contributed by atoms with Crippen molar-refractivity contribution in [3.05, 3.63) is 59.2 Å². The van der Waals surface area contributed by atoms with Crippen LogP contribution in [0.15, 0.2) is 36.4 Å². The van der Waals surface area contributed by atoms with Crippen LogP contribution in [-0.4, -0.2) is 61.6 Å². The van der Waals surface area contributed by atoms with Crippen LogP contribution in [0.25, 0.3) is 0 Å². The molecule has 2 aliphatic rings. The molecule has 4 rings (SSSR count). The number of amides is 2. The number of aliphatic hydroxyl groups is 1. The summed E-state index contributed by atoms with van der Waals surface area (Å²) in [5, 5.41) is 17.8. The van der Waals surface area contributed by atoms with Crippen molar-refractivity contribution in [2.75, 3.05) is 31.7 Å². The second-order valence-corrected chi connectivity index (χ2v) is 9.91. The summed E-state index contributed by atoms with van der Waals surface area (Å²) in [4.78, 5) is 27.4. The van der Waals surface area contributed by atoms with Gasteiger partial charge in [-0.05, 0) is 55.5 Å². The van der Waals surface area contributed by atoms with Crippen molar-refractivity contribution in [3.8, 4) is 5.75 Å². The molecule has 0 aromatic heterocycles. The van der Waals surface area contributed by atoms with Gasteiger partial charge in [0.05, 0.1) is 19.3 Å². The van der Waals surface area contributed by atoms with E-state index < -0.39 is 29.3 Å². The number of aryl methyl sites for hydroxylation is 1. The highest BCUT2D eigenvalue weighted by atomic mass is 19.1. The first-order valence-electron chi connectivity index (χ1n) is 13.0. The molecule has 2 amide bonds. The Morgan fingerprint density at radius 3 is 2.63 bits per heavy atom. The predicted molar refractivity (Wildman–Crippen MR) is 138 cm³/mol. The fraction of sp³-hybridized carbons (Fsp3) is 0.500. The number of hydrogen-bond donors (Lipinski definition) is 3. The van der Waals surface area contributed by atoms with Crippen LogP contribution in [-0.2, 0) is 16.0 Å². The van der Waals surface area contributed by atoms with Crippen LogP contribution < -0.4 is 20.3 Å². The van der Waals surface area contributed by atoms with Crippen LogP contribution in [0, 0.1) is 11.6 Å². The van der Waals surface area contributed by atoms with Crippen LogP contribution in [0.1, 0.15) is 54.9 Å². The average Bonchev–Trinajstić information content (AvgIpc) is 3.55. The van der Waals surface area contributed by atoms with E-state index in [0.29, 0.717) is 49.5 Å². The van der Waals surface area contributed by atoms with Gasteiger partial charge in [0.1, 0.15) is 17.4 Å². The van der Waals surface area contributed by atoms with Gasteiger partial charge >= 0.3 is 0 Å². The number of nitrogens with one attached hydrogen (secondary N) is 2. The molecule has 2 heterocycles. The minimum atomic E-state index is -1.75. The molecule has 2 aromatic carbocycles. The summed E-state index contributed by atoms with van der Waals surface area (Å²) in [6.45, 7) is 3.63. The Morgan fingerprint density at radius 1 is 1.21 bits per heavy atom. The Balaban J connectivity index is 1.58. The molecule has 3 N–H and O–H groups in total. The Kier molecular flexibility index (Phi) is 8.96. The van der Waals surface area contributed by atoms with Gasteiger partial charge in [-0.25, -0.2) is 8.78 Å². The first-order valence-corrected chi connectivity index (χ1v) is 13.0. The molecule has 0 bridgehead atoms. The number of nitrogens with zero attached hydrogens (tertiary/aromatic N) is 1. The molecular weight excluding hydrogens is 496 g/mol. The van der Waals surface area contributed by atoms with Crippen molar-refractivity contribution >= 4 is 17.5 Å². The van der Waals surface area contributed by atoms with E-state index in [2.05, 4.69) is 10.6 Å². The zero-order chi connectivity index (χ0) is 27.3. The number of methoxy groups -OCH3 is 1. The zero-order valence-electron chi connectivity index (χ0n) is 21.8. The van der Waals surface area contributed by atoms with Gasteiger partial charge in [-0.15, -0.1) is 0 Å². The predicted octanol–water partition coefficient (Wildman–Crippen LogP) is 3.31. The van der Waals surface area contributed by atoms with E-state index in [1.165, 1.54) is 25.3 Å². The summed E-state index contributed by atoms with van der Waals surface area (Å²) in [5.41, 5.74) is -0.631.